The molecule has 4 N–H and O–H groups in total. The topological polar surface area (TPSA) is 116 Å². The van der Waals surface area contributed by atoms with Crippen LogP contribution in [0.3, 0.4) is 0 Å². The van der Waals surface area contributed by atoms with E-state index in [9.17, 15) is 29.0 Å². The van der Waals surface area contributed by atoms with Crippen LogP contribution in [0.2, 0.25) is 0 Å². The number of hydrogen-bond donors (Lipinski definition) is 5. The fraction of sp³-hybridized carbons (Fsp3) is 0.250. The number of carbonyl (C=O) groups excluding carboxylic acids is 1. The number of amides is 1. The van der Waals surface area contributed by atoms with Gasteiger partial charge >= 0.3 is 11.9 Å². The molecular formula is C20H21FN2O5S. The molecule has 0 saturated carbocycles. The summed E-state index contributed by atoms with van der Waals surface area (Å²) < 4.78 is 13.0. The van der Waals surface area contributed by atoms with Gasteiger partial charge in [0.05, 0.1) is 5.92 Å². The average molecular weight is 420 g/mol. The van der Waals surface area contributed by atoms with Gasteiger partial charge in [-0.25, -0.2) is 14.0 Å². The molecule has 0 saturated heterocycles. The Balaban J connectivity index is 2.16. The van der Waals surface area contributed by atoms with Gasteiger partial charge in [-0.3, -0.25) is 4.79 Å². The first-order chi connectivity index (χ1) is 13.8. The Labute approximate surface area is 172 Å². The Kier molecular flexibility index (Phi) is 8.02. The van der Waals surface area contributed by atoms with Gasteiger partial charge in [0.25, 0.3) is 0 Å². The summed E-state index contributed by atoms with van der Waals surface area (Å²) in [7, 11) is 0. The predicted octanol–water partition coefficient (Wildman–Crippen LogP) is 2.05. The highest BCUT2D eigenvalue weighted by Gasteiger charge is 2.36. The van der Waals surface area contributed by atoms with Crippen molar-refractivity contribution in [2.75, 3.05) is 11.1 Å². The number of carbonyl (C=O) groups is 3. The Morgan fingerprint density at radius 1 is 0.931 bits per heavy atom. The van der Waals surface area contributed by atoms with Crippen molar-refractivity contribution in [2.24, 2.45) is 5.92 Å². The van der Waals surface area contributed by atoms with Crippen LogP contribution in [0.4, 0.5) is 10.1 Å². The zero-order chi connectivity index (χ0) is 21.4. The molecule has 0 aliphatic carbocycles. The highest BCUT2D eigenvalue weighted by Crippen LogP contribution is 2.14. The summed E-state index contributed by atoms with van der Waals surface area (Å²) in [6, 6.07) is 10.5. The molecule has 0 aliphatic rings. The molecule has 2 aromatic rings. The normalized spacial score (nSPS) is 13.7. The molecule has 0 bridgehead atoms. The third kappa shape index (κ3) is 6.49. The van der Waals surface area contributed by atoms with Gasteiger partial charge in [-0.15, -0.1) is 0 Å². The monoisotopic (exact) mass is 420 g/mol. The predicted molar refractivity (Wildman–Crippen MR) is 109 cm³/mol. The third-order valence-electron chi connectivity index (χ3n) is 4.25. The molecule has 2 aromatic carbocycles. The van der Waals surface area contributed by atoms with Crippen LogP contribution in [-0.2, 0) is 20.8 Å². The quantitative estimate of drug-likeness (QED) is 0.376. The van der Waals surface area contributed by atoms with Gasteiger partial charge in [0.2, 0.25) is 5.91 Å². The smallest absolute Gasteiger partial charge is 0.329 e. The molecule has 0 heterocycles. The van der Waals surface area contributed by atoms with Gasteiger partial charge in [0.1, 0.15) is 5.82 Å². The summed E-state index contributed by atoms with van der Waals surface area (Å²) in [6.45, 7) is 0. The van der Waals surface area contributed by atoms with Gasteiger partial charge in [0.15, 0.2) is 12.1 Å². The molecule has 29 heavy (non-hydrogen) atoms. The second kappa shape index (κ2) is 10.5. The van der Waals surface area contributed by atoms with Crippen LogP contribution in [-0.4, -0.2) is 45.9 Å². The highest BCUT2D eigenvalue weighted by atomic mass is 32.1. The SMILES string of the molecule is O=C(N[C@H](C(=O)O)C(Nc1ccc(F)cc1)C(=O)O)C(CS)Cc1ccccc1. The van der Waals surface area contributed by atoms with Gasteiger partial charge in [-0.05, 0) is 36.2 Å². The first-order valence-corrected chi connectivity index (χ1v) is 9.38. The van der Waals surface area contributed by atoms with Crippen LogP contribution < -0.4 is 10.6 Å². The first-order valence-electron chi connectivity index (χ1n) is 8.74. The van der Waals surface area contributed by atoms with E-state index in [1.807, 2.05) is 30.3 Å². The van der Waals surface area contributed by atoms with Crippen molar-refractivity contribution in [3.05, 3.63) is 66.0 Å². The molecule has 7 nitrogen and oxygen atoms in total. The molecule has 2 rings (SSSR count). The van der Waals surface area contributed by atoms with Crippen molar-refractivity contribution in [3.63, 3.8) is 0 Å². The summed E-state index contributed by atoms with van der Waals surface area (Å²) in [5, 5.41) is 23.8. The number of benzene rings is 2. The van der Waals surface area contributed by atoms with Crippen molar-refractivity contribution in [2.45, 2.75) is 18.5 Å². The number of nitrogens with one attached hydrogen (secondary N) is 2. The summed E-state index contributed by atoms with van der Waals surface area (Å²) >= 11 is 4.17. The van der Waals surface area contributed by atoms with Crippen molar-refractivity contribution in [1.82, 2.24) is 5.32 Å². The fourth-order valence-corrected chi connectivity index (χ4v) is 3.01. The number of carboxylic acids is 2. The number of hydrogen-bond acceptors (Lipinski definition) is 5. The minimum absolute atomic E-state index is 0.149. The van der Waals surface area contributed by atoms with E-state index >= 15 is 0 Å². The van der Waals surface area contributed by atoms with Crippen molar-refractivity contribution in [1.29, 1.82) is 0 Å². The van der Waals surface area contributed by atoms with E-state index in [1.54, 1.807) is 0 Å². The summed E-state index contributed by atoms with van der Waals surface area (Å²) in [6.07, 6.45) is 0.325. The molecule has 2 unspecified atom stereocenters. The van der Waals surface area contributed by atoms with Crippen LogP contribution in [0.25, 0.3) is 0 Å². The highest BCUT2D eigenvalue weighted by molar-refractivity contribution is 7.80. The molecule has 0 radical (unpaired) electrons. The van der Waals surface area contributed by atoms with Crippen LogP contribution in [0.15, 0.2) is 54.6 Å². The third-order valence-corrected chi connectivity index (χ3v) is 4.69. The second-order valence-electron chi connectivity index (χ2n) is 6.36. The van der Waals surface area contributed by atoms with E-state index in [4.69, 9.17) is 0 Å². The molecule has 1 amide bonds. The molecule has 9 heteroatoms. The van der Waals surface area contributed by atoms with Crippen molar-refractivity contribution < 1.29 is 29.0 Å². The first kappa shape index (κ1) is 22.2. The maximum Gasteiger partial charge on any atom is 0.329 e. The lowest BCUT2D eigenvalue weighted by Crippen LogP contribution is -2.56. The summed E-state index contributed by atoms with van der Waals surface area (Å²) in [5.74, 6) is -4.64. The molecule has 0 aromatic heterocycles. The van der Waals surface area contributed by atoms with E-state index in [0.29, 0.717) is 6.42 Å². The molecule has 3 atom stereocenters. The van der Waals surface area contributed by atoms with Crippen LogP contribution in [0.1, 0.15) is 5.56 Å². The number of rotatable bonds is 10. The number of anilines is 1. The van der Waals surface area contributed by atoms with E-state index in [2.05, 4.69) is 23.3 Å². The fourth-order valence-electron chi connectivity index (χ4n) is 2.71. The molecule has 0 aliphatic heterocycles. The number of carboxylic acid groups (broad SMARTS) is 2. The van der Waals surface area contributed by atoms with Crippen LogP contribution >= 0.6 is 12.6 Å². The lowest BCUT2D eigenvalue weighted by Gasteiger charge is -2.25. The Morgan fingerprint density at radius 2 is 1.52 bits per heavy atom. The number of thiol groups is 1. The van der Waals surface area contributed by atoms with Gasteiger partial charge in [0, 0.05) is 11.4 Å². The van der Waals surface area contributed by atoms with Crippen molar-refractivity contribution in [3.8, 4) is 0 Å². The number of halogens is 1. The Morgan fingerprint density at radius 3 is 2.03 bits per heavy atom. The lowest BCUT2D eigenvalue weighted by atomic mass is 9.99. The average Bonchev–Trinajstić information content (AvgIpc) is 2.70. The zero-order valence-corrected chi connectivity index (χ0v) is 16.2. The zero-order valence-electron chi connectivity index (χ0n) is 15.3. The molecule has 154 valence electrons. The number of aliphatic carboxylic acids is 2. The molecular weight excluding hydrogens is 399 g/mol. The summed E-state index contributed by atoms with van der Waals surface area (Å²) in [5.41, 5.74) is 1.07. The Bertz CT molecular complexity index is 848. The van der Waals surface area contributed by atoms with E-state index in [-0.39, 0.29) is 11.4 Å². The van der Waals surface area contributed by atoms with Gasteiger partial charge in [-0.2, -0.15) is 12.6 Å². The second-order valence-corrected chi connectivity index (χ2v) is 6.73. The molecule has 0 fully saturated rings. The van der Waals surface area contributed by atoms with E-state index in [0.717, 1.165) is 17.7 Å². The standard InChI is InChI=1S/C20H21FN2O5S/c21-14-6-8-15(9-7-14)22-16(19(25)26)17(20(27)28)23-18(24)13(11-29)10-12-4-2-1-3-5-12/h1-9,13,16-17,22,29H,10-11H2,(H,23,24)(H,25,26)(H,27,28)/t13?,16?,17-/m0/s1. The Hall–Kier alpha value is -3.07. The maximum absolute atomic E-state index is 13.0. The van der Waals surface area contributed by atoms with E-state index < -0.39 is 41.7 Å². The van der Waals surface area contributed by atoms with E-state index in [1.165, 1.54) is 12.1 Å². The summed E-state index contributed by atoms with van der Waals surface area (Å²) in [4.78, 5) is 36.0. The van der Waals surface area contributed by atoms with Gasteiger partial charge in [-0.1, -0.05) is 30.3 Å². The minimum atomic E-state index is -1.75. The van der Waals surface area contributed by atoms with Gasteiger partial charge < -0.3 is 20.8 Å². The minimum Gasteiger partial charge on any atom is -0.480 e. The van der Waals surface area contributed by atoms with Crippen molar-refractivity contribution >= 4 is 36.2 Å². The maximum atomic E-state index is 13.0. The molecule has 0 spiro atoms. The van der Waals surface area contributed by atoms with Crippen LogP contribution in [0.5, 0.6) is 0 Å². The largest absolute Gasteiger partial charge is 0.480 e. The van der Waals surface area contributed by atoms with Crippen LogP contribution in [0, 0.1) is 11.7 Å². The lowest BCUT2D eigenvalue weighted by molar-refractivity contribution is -0.148.